The van der Waals surface area contributed by atoms with E-state index in [0.29, 0.717) is 0 Å². The number of hydrogen-bond acceptors (Lipinski definition) is 2. The topological polar surface area (TPSA) is 6.48 Å². The zero-order valence-corrected chi connectivity index (χ0v) is 54.3. The summed E-state index contributed by atoms with van der Waals surface area (Å²) in [6.45, 7) is 18.2. The van der Waals surface area contributed by atoms with Crippen molar-refractivity contribution >= 4 is 123 Å². The Kier molecular flexibility index (Phi) is 17.6. The molecule has 0 N–H and O–H groups in total. The van der Waals surface area contributed by atoms with Crippen molar-refractivity contribution in [2.24, 2.45) is 0 Å². The van der Waals surface area contributed by atoms with Gasteiger partial charge in [0.2, 0.25) is 0 Å². The first-order valence-corrected chi connectivity index (χ1v) is 33.6. The van der Waals surface area contributed by atoms with Crippen LogP contribution in [0.25, 0.3) is 88.9 Å². The van der Waals surface area contributed by atoms with Crippen molar-refractivity contribution in [3.63, 3.8) is 0 Å². The van der Waals surface area contributed by atoms with Crippen LogP contribution in [0.2, 0.25) is 0 Å². The predicted octanol–water partition coefficient (Wildman–Crippen LogP) is 25.9. The highest BCUT2D eigenvalue weighted by atomic mass is 15.2. The molecule has 0 fully saturated rings. The van der Waals surface area contributed by atoms with Gasteiger partial charge in [-0.15, -0.1) is 0 Å². The maximum absolute atomic E-state index is 2.71. The summed E-state index contributed by atoms with van der Waals surface area (Å²) in [5.74, 6) is 0. The summed E-state index contributed by atoms with van der Waals surface area (Å²) in [6, 6.07) is 79.7. The molecule has 0 aliphatic heterocycles. The number of benzene rings is 13. The molecule has 0 aliphatic carbocycles. The summed E-state index contributed by atoms with van der Waals surface area (Å²) in [5.41, 5.74) is 23.1. The van der Waals surface area contributed by atoms with Crippen LogP contribution in [-0.4, -0.2) is 0 Å². The van der Waals surface area contributed by atoms with Gasteiger partial charge in [0.1, 0.15) is 0 Å². The normalized spacial score (nSPS) is 12.0. The lowest BCUT2D eigenvalue weighted by atomic mass is 9.83. The van der Waals surface area contributed by atoms with E-state index in [4.69, 9.17) is 0 Å². The molecule has 0 saturated heterocycles. The minimum Gasteiger partial charge on any atom is -0.309 e. The largest absolute Gasteiger partial charge is 0.309 e. The van der Waals surface area contributed by atoms with E-state index in [9.17, 15) is 0 Å². The van der Waals surface area contributed by atoms with Crippen LogP contribution in [0.1, 0.15) is 146 Å². The number of hydrogen-bond donors (Lipinski definition) is 0. The summed E-state index contributed by atoms with van der Waals surface area (Å²) in [6.07, 6.45) is 22.1. The third-order valence-electron chi connectivity index (χ3n) is 18.9. The van der Waals surface area contributed by atoms with Crippen molar-refractivity contribution in [3.05, 3.63) is 273 Å². The quantitative estimate of drug-likeness (QED) is 0.0379. The number of aryl methyl sites for hydroxylation is 8. The van der Waals surface area contributed by atoms with Gasteiger partial charge in [0.25, 0.3) is 0 Å². The zero-order chi connectivity index (χ0) is 61.8. The van der Waals surface area contributed by atoms with E-state index >= 15 is 0 Å². The van der Waals surface area contributed by atoms with Crippen LogP contribution in [-0.2, 0) is 25.7 Å². The molecule has 0 aromatic heterocycles. The van der Waals surface area contributed by atoms with Crippen LogP contribution in [0.4, 0.5) is 34.1 Å². The molecule has 13 rings (SSSR count). The molecule has 448 valence electrons. The van der Waals surface area contributed by atoms with E-state index in [2.05, 4.69) is 296 Å². The number of unbranched alkanes of at least 4 members (excludes halogenated alkanes) is 4. The molecule has 0 heterocycles. The Morgan fingerprint density at radius 1 is 0.278 bits per heavy atom. The lowest BCUT2D eigenvalue weighted by Crippen LogP contribution is -2.16. The third-order valence-corrected chi connectivity index (χ3v) is 18.9. The van der Waals surface area contributed by atoms with E-state index in [1.165, 1.54) is 166 Å². The molecule has 0 amide bonds. The molecule has 13 aromatic carbocycles. The van der Waals surface area contributed by atoms with E-state index in [1.807, 2.05) is 0 Å². The summed E-state index contributed by atoms with van der Waals surface area (Å²) >= 11 is 0. The standard InChI is InChI=1S/C88H86N2/c1-9-13-22-68-54-61(7)55-69(23-14-10-2)86(68)89(72-48-44-65(45-49-72)42-40-63-36-32-59(5)33-37-63)81-53-52-78-83-75-28-19-20-29-76(75)88(79-31-21-30-77(84(79)83)82-74-27-18-17-26-67(74)58-80(81)85(78)82)90(87-70(24-15-11-3)56-62(8)57-71(87)25-16-12-4)73-50-46-66(47-51-73)43-41-64-38-34-60(6)35-39-64/h17-21,26-58H,9-16,22-25H2,1-8H3/b42-40+,43-41+. The lowest BCUT2D eigenvalue weighted by Gasteiger charge is -2.34. The smallest absolute Gasteiger partial charge is 0.0619 e. The molecule has 0 spiro atoms. The van der Waals surface area contributed by atoms with E-state index < -0.39 is 0 Å². The van der Waals surface area contributed by atoms with E-state index in [1.54, 1.807) is 0 Å². The monoisotopic (exact) mass is 1170 g/mol. The SMILES string of the molecule is CCCCc1cc(C)cc(CCCC)c1N(c1ccc(/C=C/c2ccc(C)cc2)cc1)c1ccc2c3c1cc1ccccc1c3c1cccc3c(N(c4ccc(/C=C/c5ccc(C)cc5)cc4)c4c(CCCC)cc(C)cc4CCCC)c4ccccc4c2c31. The Morgan fingerprint density at radius 3 is 1.13 bits per heavy atom. The van der Waals surface area contributed by atoms with Crippen molar-refractivity contribution in [1.29, 1.82) is 0 Å². The third kappa shape index (κ3) is 11.7. The van der Waals surface area contributed by atoms with Crippen molar-refractivity contribution < 1.29 is 0 Å². The Morgan fingerprint density at radius 2 is 0.644 bits per heavy atom. The van der Waals surface area contributed by atoms with Gasteiger partial charge in [-0.3, -0.25) is 0 Å². The summed E-state index contributed by atoms with van der Waals surface area (Å²) in [7, 11) is 0. The second-order valence-electron chi connectivity index (χ2n) is 25.6. The highest BCUT2D eigenvalue weighted by Crippen LogP contribution is 2.55. The fraction of sp³-hybridized carbons (Fsp3) is 0.227. The highest BCUT2D eigenvalue weighted by Gasteiger charge is 2.30. The van der Waals surface area contributed by atoms with Gasteiger partial charge in [-0.2, -0.15) is 0 Å². The van der Waals surface area contributed by atoms with E-state index in [0.717, 1.165) is 77.0 Å². The Bertz CT molecular complexity index is 4690. The van der Waals surface area contributed by atoms with Crippen LogP contribution >= 0.6 is 0 Å². The summed E-state index contributed by atoms with van der Waals surface area (Å²) in [4.78, 5) is 5.38. The number of rotatable bonds is 22. The van der Waals surface area contributed by atoms with Gasteiger partial charge in [0.05, 0.1) is 22.7 Å². The van der Waals surface area contributed by atoms with Gasteiger partial charge in [-0.05, 0) is 198 Å². The molecule has 0 atom stereocenters. The first-order chi connectivity index (χ1) is 44.1. The Balaban J connectivity index is 1.11. The van der Waals surface area contributed by atoms with Gasteiger partial charge < -0.3 is 9.80 Å². The minimum absolute atomic E-state index is 1.01. The van der Waals surface area contributed by atoms with Gasteiger partial charge in [0.15, 0.2) is 0 Å². The Labute approximate surface area is 535 Å². The second-order valence-corrected chi connectivity index (χ2v) is 25.6. The van der Waals surface area contributed by atoms with E-state index in [-0.39, 0.29) is 0 Å². The summed E-state index contributed by atoms with van der Waals surface area (Å²) in [5, 5.41) is 15.4. The van der Waals surface area contributed by atoms with Crippen molar-refractivity contribution in [2.75, 3.05) is 9.80 Å². The second kappa shape index (κ2) is 26.5. The van der Waals surface area contributed by atoms with Crippen LogP contribution in [0.3, 0.4) is 0 Å². The van der Waals surface area contributed by atoms with Crippen molar-refractivity contribution in [3.8, 4) is 0 Å². The van der Waals surface area contributed by atoms with Crippen molar-refractivity contribution in [1.82, 2.24) is 0 Å². The fourth-order valence-electron chi connectivity index (χ4n) is 14.4. The molecule has 0 saturated carbocycles. The number of anilines is 6. The first kappa shape index (κ1) is 59.7. The average Bonchev–Trinajstić information content (AvgIpc) is 0.690. The van der Waals surface area contributed by atoms with Gasteiger partial charge in [0, 0.05) is 38.3 Å². The highest BCUT2D eigenvalue weighted by molar-refractivity contribution is 6.44. The molecule has 90 heavy (non-hydrogen) atoms. The van der Waals surface area contributed by atoms with Gasteiger partial charge >= 0.3 is 0 Å². The average molecular weight is 1170 g/mol. The minimum atomic E-state index is 1.01. The molecule has 0 unspecified atom stereocenters. The molecule has 2 nitrogen and oxygen atoms in total. The maximum atomic E-state index is 2.71. The van der Waals surface area contributed by atoms with Crippen LogP contribution in [0.5, 0.6) is 0 Å². The first-order valence-electron chi connectivity index (χ1n) is 33.6. The molecule has 2 heteroatoms. The Hall–Kier alpha value is -9.24. The van der Waals surface area contributed by atoms with Gasteiger partial charge in [-0.1, -0.05) is 270 Å². The van der Waals surface area contributed by atoms with Gasteiger partial charge in [-0.25, -0.2) is 0 Å². The molecule has 0 bridgehead atoms. The number of nitrogens with zero attached hydrogens (tertiary/aromatic N) is 2. The summed E-state index contributed by atoms with van der Waals surface area (Å²) < 4.78 is 0. The zero-order valence-electron chi connectivity index (χ0n) is 54.3. The molecular weight excluding hydrogens is 1080 g/mol. The maximum Gasteiger partial charge on any atom is 0.0619 e. The van der Waals surface area contributed by atoms with Crippen LogP contribution in [0, 0.1) is 27.7 Å². The molecule has 13 aromatic rings. The fourth-order valence-corrected chi connectivity index (χ4v) is 14.4. The molecule has 0 radical (unpaired) electrons. The molecular formula is C88H86N2. The van der Waals surface area contributed by atoms with Crippen molar-refractivity contribution in [2.45, 2.75) is 132 Å². The van der Waals surface area contributed by atoms with Crippen LogP contribution < -0.4 is 9.80 Å². The molecule has 0 aliphatic rings. The number of fused-ring (bicyclic) bond motifs is 6. The predicted molar refractivity (Wildman–Crippen MR) is 396 cm³/mol. The van der Waals surface area contributed by atoms with Crippen LogP contribution in [0.15, 0.2) is 206 Å². The lowest BCUT2D eigenvalue weighted by molar-refractivity contribution is 0.779.